The number of carbonyl (C=O) groups is 2. The van der Waals surface area contributed by atoms with Gasteiger partial charge >= 0.3 is 6.09 Å². The topological polar surface area (TPSA) is 167 Å². The van der Waals surface area contributed by atoms with Gasteiger partial charge in [0.05, 0.1) is 5.39 Å². The molecule has 1 fully saturated rings. The summed E-state index contributed by atoms with van der Waals surface area (Å²) in [5.41, 5.74) is 12.1. The second kappa shape index (κ2) is 8.90. The average Bonchev–Trinajstić information content (AvgIpc) is 3.51. The average molecular weight is 480 g/mol. The zero-order valence-corrected chi connectivity index (χ0v) is 20.1. The lowest BCUT2D eigenvalue weighted by Crippen LogP contribution is -2.34. The van der Waals surface area contributed by atoms with Crippen molar-refractivity contribution in [3.05, 3.63) is 51.8 Å². The van der Waals surface area contributed by atoms with Crippen molar-refractivity contribution in [1.82, 2.24) is 19.9 Å². The van der Waals surface area contributed by atoms with Crippen LogP contribution in [0.4, 0.5) is 22.2 Å². The lowest BCUT2D eigenvalue weighted by Gasteiger charge is -2.19. The van der Waals surface area contributed by atoms with Gasteiger partial charge in [-0.05, 0) is 51.8 Å². The van der Waals surface area contributed by atoms with Gasteiger partial charge in [0, 0.05) is 30.4 Å². The number of carbonyl (C=O) groups excluding carboxylic acids is 2. The highest BCUT2D eigenvalue weighted by atomic mass is 16.6. The predicted octanol–water partition coefficient (Wildman–Crippen LogP) is 2.62. The summed E-state index contributed by atoms with van der Waals surface area (Å²) in [6.45, 7) is 7.69. The third-order valence-corrected chi connectivity index (χ3v) is 5.69. The minimum absolute atomic E-state index is 0.0227. The number of nitrogens with one attached hydrogen (secondary N) is 2. The number of aromatic nitrogens is 3. The summed E-state index contributed by atoms with van der Waals surface area (Å²) in [5.74, 6) is -0.410. The number of anilines is 3. The minimum atomic E-state index is -0.891. The van der Waals surface area contributed by atoms with Crippen LogP contribution in [0.5, 0.6) is 0 Å². The predicted molar refractivity (Wildman–Crippen MR) is 133 cm³/mol. The Hall–Kier alpha value is -4.15. The SMILES string of the molecule is CCn1c(N)c(C(N)=O)c(=O)c2cnc(Nc3ccc([C@@H]4C[C@H]4NC(=O)OC(C)(C)C)cc3)nc21. The van der Waals surface area contributed by atoms with Crippen LogP contribution in [0.2, 0.25) is 0 Å². The number of benzene rings is 1. The van der Waals surface area contributed by atoms with Gasteiger partial charge in [-0.3, -0.25) is 9.59 Å². The van der Waals surface area contributed by atoms with Gasteiger partial charge in [0.2, 0.25) is 11.4 Å². The van der Waals surface area contributed by atoms with Crippen LogP contribution in [0.25, 0.3) is 11.0 Å². The number of primary amides is 1. The lowest BCUT2D eigenvalue weighted by atomic mass is 10.1. The van der Waals surface area contributed by atoms with E-state index in [4.69, 9.17) is 16.2 Å². The summed E-state index contributed by atoms with van der Waals surface area (Å²) >= 11 is 0. The van der Waals surface area contributed by atoms with E-state index in [9.17, 15) is 14.4 Å². The van der Waals surface area contributed by atoms with Crippen LogP contribution in [0, 0.1) is 0 Å². The lowest BCUT2D eigenvalue weighted by molar-refractivity contribution is 0.0522. The van der Waals surface area contributed by atoms with Crippen molar-refractivity contribution in [1.29, 1.82) is 0 Å². The van der Waals surface area contributed by atoms with Crippen molar-refractivity contribution in [2.24, 2.45) is 5.73 Å². The van der Waals surface area contributed by atoms with Crippen molar-refractivity contribution in [2.75, 3.05) is 11.1 Å². The highest BCUT2D eigenvalue weighted by Gasteiger charge is 2.40. The Labute approximate surface area is 201 Å². The first-order valence-corrected chi connectivity index (χ1v) is 11.3. The fourth-order valence-electron chi connectivity index (χ4n) is 3.98. The number of amides is 2. The quantitative estimate of drug-likeness (QED) is 0.418. The Bertz CT molecular complexity index is 1360. The molecule has 2 atom stereocenters. The number of pyridine rings is 1. The van der Waals surface area contributed by atoms with E-state index in [1.165, 1.54) is 6.20 Å². The molecule has 0 bridgehead atoms. The van der Waals surface area contributed by atoms with Crippen LogP contribution in [-0.4, -0.2) is 38.2 Å². The summed E-state index contributed by atoms with van der Waals surface area (Å²) in [6.07, 6.45) is 1.80. The van der Waals surface area contributed by atoms with E-state index < -0.39 is 23.0 Å². The molecule has 0 saturated heterocycles. The number of ether oxygens (including phenoxy) is 1. The molecule has 0 spiro atoms. The fourth-order valence-corrected chi connectivity index (χ4v) is 3.98. The molecule has 35 heavy (non-hydrogen) atoms. The van der Waals surface area contributed by atoms with Crippen molar-refractivity contribution in [3.63, 3.8) is 0 Å². The Morgan fingerprint density at radius 1 is 1.23 bits per heavy atom. The zero-order valence-electron chi connectivity index (χ0n) is 20.1. The molecule has 0 aliphatic heterocycles. The normalized spacial score (nSPS) is 17.1. The smallest absolute Gasteiger partial charge is 0.407 e. The number of rotatable bonds is 6. The summed E-state index contributed by atoms with van der Waals surface area (Å²) < 4.78 is 6.87. The zero-order chi connectivity index (χ0) is 25.5. The maximum absolute atomic E-state index is 12.7. The van der Waals surface area contributed by atoms with Crippen molar-refractivity contribution < 1.29 is 14.3 Å². The van der Waals surface area contributed by atoms with Crippen LogP contribution in [-0.2, 0) is 11.3 Å². The van der Waals surface area contributed by atoms with Crippen molar-refractivity contribution in [3.8, 4) is 0 Å². The Morgan fingerprint density at radius 3 is 2.51 bits per heavy atom. The summed E-state index contributed by atoms with van der Waals surface area (Å²) in [6, 6.07) is 7.79. The summed E-state index contributed by atoms with van der Waals surface area (Å²) in [5, 5.41) is 6.18. The molecule has 4 rings (SSSR count). The number of fused-ring (bicyclic) bond motifs is 1. The Morgan fingerprint density at radius 2 is 1.91 bits per heavy atom. The number of nitrogen functional groups attached to an aromatic ring is 1. The van der Waals surface area contributed by atoms with Crippen LogP contribution < -0.4 is 27.5 Å². The van der Waals surface area contributed by atoms with Gasteiger partial charge in [-0.2, -0.15) is 4.98 Å². The molecule has 1 aliphatic carbocycles. The second-order valence-corrected chi connectivity index (χ2v) is 9.47. The third-order valence-electron chi connectivity index (χ3n) is 5.69. The van der Waals surface area contributed by atoms with E-state index in [0.717, 1.165) is 17.7 Å². The van der Waals surface area contributed by atoms with E-state index in [2.05, 4.69) is 20.6 Å². The molecule has 6 N–H and O–H groups in total. The number of hydrogen-bond donors (Lipinski definition) is 4. The van der Waals surface area contributed by atoms with Gasteiger partial charge in [-0.15, -0.1) is 0 Å². The van der Waals surface area contributed by atoms with E-state index in [0.29, 0.717) is 12.2 Å². The molecular formula is C24H29N7O4. The van der Waals surface area contributed by atoms with Crippen LogP contribution in [0.15, 0.2) is 35.3 Å². The van der Waals surface area contributed by atoms with Gasteiger partial charge in [-0.25, -0.2) is 9.78 Å². The molecule has 184 valence electrons. The Balaban J connectivity index is 1.49. The first-order valence-electron chi connectivity index (χ1n) is 11.3. The molecule has 0 unspecified atom stereocenters. The maximum Gasteiger partial charge on any atom is 0.407 e. The van der Waals surface area contributed by atoms with Crippen LogP contribution in [0.3, 0.4) is 0 Å². The fraction of sp³-hybridized carbons (Fsp3) is 0.375. The van der Waals surface area contributed by atoms with Crippen LogP contribution in [0.1, 0.15) is 56.0 Å². The molecule has 1 saturated carbocycles. The van der Waals surface area contributed by atoms with Crippen molar-refractivity contribution >= 4 is 40.5 Å². The molecule has 1 aromatic carbocycles. The van der Waals surface area contributed by atoms with Gasteiger partial charge < -0.3 is 31.4 Å². The van der Waals surface area contributed by atoms with Crippen LogP contribution >= 0.6 is 0 Å². The first-order chi connectivity index (χ1) is 16.5. The molecule has 2 heterocycles. The van der Waals surface area contributed by atoms with E-state index >= 15 is 0 Å². The minimum Gasteiger partial charge on any atom is -0.444 e. The Kier molecular flexibility index (Phi) is 6.10. The van der Waals surface area contributed by atoms with E-state index in [-0.39, 0.29) is 34.7 Å². The largest absolute Gasteiger partial charge is 0.444 e. The standard InChI is InChI=1S/C24H29N7O4/c1-5-31-19(25)17(20(26)33)18(32)15-11-27-22(30-21(15)31)28-13-8-6-12(7-9-13)14-10-16(14)29-23(34)35-24(2,3)4/h6-9,11,14,16H,5,10,25H2,1-4H3,(H2,26,33)(H,29,34)(H,27,28,30)/t14-,16+/m0/s1. The van der Waals surface area contributed by atoms with Crippen molar-refractivity contribution in [2.45, 2.75) is 58.2 Å². The molecule has 3 aromatic rings. The number of alkyl carbamates (subject to hydrolysis) is 1. The second-order valence-electron chi connectivity index (χ2n) is 9.47. The summed E-state index contributed by atoms with van der Waals surface area (Å²) in [4.78, 5) is 45.0. The molecule has 2 amide bonds. The molecule has 0 radical (unpaired) electrons. The monoisotopic (exact) mass is 479 g/mol. The number of nitrogens with two attached hydrogens (primary N) is 2. The number of aryl methyl sites for hydroxylation is 1. The molecule has 11 heteroatoms. The highest BCUT2D eigenvalue weighted by Crippen LogP contribution is 2.41. The first kappa shape index (κ1) is 24.0. The maximum atomic E-state index is 12.7. The summed E-state index contributed by atoms with van der Waals surface area (Å²) in [7, 11) is 0. The molecule has 1 aliphatic rings. The van der Waals surface area contributed by atoms with Gasteiger partial charge in [0.25, 0.3) is 5.91 Å². The van der Waals surface area contributed by atoms with Gasteiger partial charge in [-0.1, -0.05) is 12.1 Å². The molecule has 2 aromatic heterocycles. The third kappa shape index (κ3) is 5.03. The molecular weight excluding hydrogens is 450 g/mol. The van der Waals surface area contributed by atoms with Gasteiger partial charge in [0.1, 0.15) is 17.0 Å². The number of nitrogens with zero attached hydrogens (tertiary/aromatic N) is 3. The van der Waals surface area contributed by atoms with E-state index in [1.807, 2.05) is 52.0 Å². The van der Waals surface area contributed by atoms with Gasteiger partial charge in [0.15, 0.2) is 5.65 Å². The van der Waals surface area contributed by atoms with E-state index in [1.54, 1.807) is 4.57 Å². The molecule has 11 nitrogen and oxygen atoms in total. The highest BCUT2D eigenvalue weighted by molar-refractivity contribution is 6.00. The number of hydrogen-bond acceptors (Lipinski definition) is 8.